The van der Waals surface area contributed by atoms with E-state index in [1.165, 1.54) is 12.1 Å². The largest absolute Gasteiger partial charge is 0.388 e. The first kappa shape index (κ1) is 16.8. The fraction of sp³-hybridized carbons (Fsp3) is 0.611. The molecule has 0 radical (unpaired) electrons. The summed E-state index contributed by atoms with van der Waals surface area (Å²) in [6.45, 7) is 0.315. The van der Waals surface area contributed by atoms with Crippen molar-refractivity contribution in [3.8, 4) is 0 Å². The second-order valence-corrected chi connectivity index (χ2v) is 8.04. The molecule has 2 N–H and O–H groups in total. The molecule has 5 heteroatoms. The van der Waals surface area contributed by atoms with Crippen LogP contribution in [0.4, 0.5) is 4.39 Å². The van der Waals surface area contributed by atoms with Crippen molar-refractivity contribution >= 4 is 17.7 Å². The molecule has 1 saturated heterocycles. The van der Waals surface area contributed by atoms with Gasteiger partial charge in [-0.25, -0.2) is 4.39 Å². The van der Waals surface area contributed by atoms with Crippen LogP contribution in [0.5, 0.6) is 0 Å². The summed E-state index contributed by atoms with van der Waals surface area (Å²) in [7, 11) is 0. The van der Waals surface area contributed by atoms with Gasteiger partial charge in [-0.3, -0.25) is 4.79 Å². The first-order valence-electron chi connectivity index (χ1n) is 8.39. The number of rotatable bonds is 4. The van der Waals surface area contributed by atoms with Gasteiger partial charge in [0.1, 0.15) is 5.82 Å². The summed E-state index contributed by atoms with van der Waals surface area (Å²) >= 11 is 1.85. The SMILES string of the molecule is O=C(NCC1(O)CCSCC1)C1(c2ccc(F)cc2)CCCC1. The number of aliphatic hydroxyl groups is 1. The van der Waals surface area contributed by atoms with E-state index in [-0.39, 0.29) is 11.7 Å². The predicted molar refractivity (Wildman–Crippen MR) is 91.1 cm³/mol. The summed E-state index contributed by atoms with van der Waals surface area (Å²) in [6.07, 6.45) is 5.04. The summed E-state index contributed by atoms with van der Waals surface area (Å²) in [5.41, 5.74) is -0.447. The molecule has 0 aromatic heterocycles. The van der Waals surface area contributed by atoms with E-state index in [2.05, 4.69) is 5.32 Å². The third-order valence-corrected chi connectivity index (χ3v) is 6.28. The van der Waals surface area contributed by atoms with Crippen LogP contribution in [0, 0.1) is 5.82 Å². The first-order chi connectivity index (χ1) is 11.0. The molecule has 1 aliphatic heterocycles. The predicted octanol–water partition coefficient (Wildman–Crippen LogP) is 3.01. The number of amides is 1. The molecule has 1 aromatic carbocycles. The zero-order valence-corrected chi connectivity index (χ0v) is 14.1. The summed E-state index contributed by atoms with van der Waals surface area (Å²) in [4.78, 5) is 12.9. The molecule has 23 heavy (non-hydrogen) atoms. The molecular weight excluding hydrogens is 313 g/mol. The van der Waals surface area contributed by atoms with Gasteiger partial charge in [0.25, 0.3) is 0 Å². The van der Waals surface area contributed by atoms with Crippen LogP contribution in [-0.2, 0) is 10.2 Å². The summed E-state index contributed by atoms with van der Waals surface area (Å²) < 4.78 is 13.2. The highest BCUT2D eigenvalue weighted by molar-refractivity contribution is 7.99. The minimum Gasteiger partial charge on any atom is -0.388 e. The monoisotopic (exact) mass is 337 g/mol. The van der Waals surface area contributed by atoms with Gasteiger partial charge in [-0.2, -0.15) is 11.8 Å². The fourth-order valence-electron chi connectivity index (χ4n) is 3.74. The van der Waals surface area contributed by atoms with E-state index >= 15 is 0 Å². The molecule has 1 amide bonds. The Labute approximate surface area is 141 Å². The van der Waals surface area contributed by atoms with Crippen molar-refractivity contribution in [3.63, 3.8) is 0 Å². The number of nitrogens with one attached hydrogen (secondary N) is 1. The number of hydrogen-bond donors (Lipinski definition) is 2. The second kappa shape index (κ2) is 6.81. The van der Waals surface area contributed by atoms with E-state index in [4.69, 9.17) is 0 Å². The number of hydrogen-bond acceptors (Lipinski definition) is 3. The molecule has 1 heterocycles. The van der Waals surface area contributed by atoms with Gasteiger partial charge in [0.05, 0.1) is 11.0 Å². The van der Waals surface area contributed by atoms with Gasteiger partial charge in [0.2, 0.25) is 5.91 Å². The highest BCUT2D eigenvalue weighted by Gasteiger charge is 2.43. The molecule has 126 valence electrons. The maximum atomic E-state index is 13.2. The lowest BCUT2D eigenvalue weighted by molar-refractivity contribution is -0.128. The van der Waals surface area contributed by atoms with Crippen LogP contribution >= 0.6 is 11.8 Å². The first-order valence-corrected chi connectivity index (χ1v) is 9.54. The van der Waals surface area contributed by atoms with Crippen molar-refractivity contribution in [2.24, 2.45) is 0 Å². The normalized spacial score (nSPS) is 22.7. The Morgan fingerprint density at radius 2 is 1.74 bits per heavy atom. The summed E-state index contributed by atoms with van der Waals surface area (Å²) in [6, 6.07) is 6.31. The van der Waals surface area contributed by atoms with Crippen LogP contribution in [0.2, 0.25) is 0 Å². The van der Waals surface area contributed by atoms with Gasteiger partial charge in [-0.15, -0.1) is 0 Å². The van der Waals surface area contributed by atoms with Crippen LogP contribution in [0.3, 0.4) is 0 Å². The number of carbonyl (C=O) groups is 1. The molecule has 2 aliphatic rings. The van der Waals surface area contributed by atoms with Crippen molar-refractivity contribution in [2.45, 2.75) is 49.5 Å². The minimum atomic E-state index is -0.774. The Bertz CT molecular complexity index is 549. The van der Waals surface area contributed by atoms with E-state index in [1.807, 2.05) is 11.8 Å². The van der Waals surface area contributed by atoms with Crippen molar-refractivity contribution in [2.75, 3.05) is 18.1 Å². The highest BCUT2D eigenvalue weighted by atomic mass is 32.2. The maximum Gasteiger partial charge on any atom is 0.230 e. The zero-order valence-electron chi connectivity index (χ0n) is 13.3. The highest BCUT2D eigenvalue weighted by Crippen LogP contribution is 2.41. The third-order valence-electron chi connectivity index (χ3n) is 5.29. The molecule has 1 saturated carbocycles. The van der Waals surface area contributed by atoms with Crippen LogP contribution in [-0.4, -0.2) is 34.7 Å². The molecule has 0 bridgehead atoms. The molecule has 1 aliphatic carbocycles. The second-order valence-electron chi connectivity index (χ2n) is 6.82. The van der Waals surface area contributed by atoms with Gasteiger partial charge in [0, 0.05) is 6.54 Å². The van der Waals surface area contributed by atoms with Crippen LogP contribution in [0.25, 0.3) is 0 Å². The van der Waals surface area contributed by atoms with Crippen molar-refractivity contribution in [1.82, 2.24) is 5.32 Å². The van der Waals surface area contributed by atoms with Crippen LogP contribution in [0.1, 0.15) is 44.1 Å². The number of thioether (sulfide) groups is 1. The van der Waals surface area contributed by atoms with Gasteiger partial charge < -0.3 is 10.4 Å². The van der Waals surface area contributed by atoms with E-state index in [0.717, 1.165) is 55.6 Å². The van der Waals surface area contributed by atoms with E-state index in [9.17, 15) is 14.3 Å². The third kappa shape index (κ3) is 3.56. The smallest absolute Gasteiger partial charge is 0.230 e. The molecule has 3 nitrogen and oxygen atoms in total. The molecule has 0 atom stereocenters. The fourth-order valence-corrected chi connectivity index (χ4v) is 4.99. The maximum absolute atomic E-state index is 13.2. The number of carbonyl (C=O) groups excluding carboxylic acids is 1. The average Bonchev–Trinajstić information content (AvgIpc) is 3.05. The van der Waals surface area contributed by atoms with Gasteiger partial charge >= 0.3 is 0 Å². The standard InChI is InChI=1S/C18H24FNO2S/c19-15-5-3-14(4-6-15)18(7-1-2-8-18)16(21)20-13-17(22)9-11-23-12-10-17/h3-6,22H,1-2,7-13H2,(H,20,21). The molecule has 2 fully saturated rings. The van der Waals surface area contributed by atoms with Crippen LogP contribution in [0.15, 0.2) is 24.3 Å². The molecule has 0 spiro atoms. The minimum absolute atomic E-state index is 0.0201. The lowest BCUT2D eigenvalue weighted by atomic mass is 9.77. The van der Waals surface area contributed by atoms with E-state index in [0.29, 0.717) is 6.54 Å². The van der Waals surface area contributed by atoms with E-state index < -0.39 is 11.0 Å². The topological polar surface area (TPSA) is 49.3 Å². The Morgan fingerprint density at radius 3 is 2.35 bits per heavy atom. The quantitative estimate of drug-likeness (QED) is 0.888. The Hall–Kier alpha value is -1.07. The lowest BCUT2D eigenvalue weighted by Crippen LogP contribution is -2.50. The zero-order chi connectivity index (χ0) is 16.3. The average molecular weight is 337 g/mol. The van der Waals surface area contributed by atoms with Gasteiger partial charge in [0.15, 0.2) is 0 Å². The van der Waals surface area contributed by atoms with E-state index in [1.54, 1.807) is 12.1 Å². The number of halogens is 1. The van der Waals surface area contributed by atoms with Gasteiger partial charge in [-0.05, 0) is 54.9 Å². The Balaban J connectivity index is 1.73. The summed E-state index contributed by atoms with van der Waals surface area (Å²) in [5.74, 6) is 1.58. The lowest BCUT2D eigenvalue weighted by Gasteiger charge is -2.34. The van der Waals surface area contributed by atoms with Crippen molar-refractivity contribution < 1.29 is 14.3 Å². The number of benzene rings is 1. The van der Waals surface area contributed by atoms with Crippen molar-refractivity contribution in [3.05, 3.63) is 35.6 Å². The Morgan fingerprint density at radius 1 is 1.13 bits per heavy atom. The Kier molecular flexibility index (Phi) is 4.97. The van der Waals surface area contributed by atoms with Gasteiger partial charge in [-0.1, -0.05) is 25.0 Å². The molecule has 1 aromatic rings. The van der Waals surface area contributed by atoms with Crippen LogP contribution < -0.4 is 5.32 Å². The molecule has 0 unspecified atom stereocenters. The molecule has 3 rings (SSSR count). The molecular formula is C18H24FNO2S. The summed E-state index contributed by atoms with van der Waals surface area (Å²) in [5, 5.41) is 13.6. The van der Waals surface area contributed by atoms with Crippen molar-refractivity contribution in [1.29, 1.82) is 0 Å².